The highest BCUT2D eigenvalue weighted by atomic mass is 35.5. The number of carbonyl (C=O) groups excluding carboxylic acids is 2. The number of piperidine rings is 1. The Morgan fingerprint density at radius 3 is 2.68 bits per heavy atom. The van der Waals surface area contributed by atoms with Gasteiger partial charge in [0.2, 0.25) is 5.91 Å². The van der Waals surface area contributed by atoms with Crippen LogP contribution in [0.5, 0.6) is 5.75 Å². The van der Waals surface area contributed by atoms with Crippen LogP contribution in [0.2, 0.25) is 5.02 Å². The molecular formula is C19H24ClN5O3. The minimum atomic E-state index is -0.110. The lowest BCUT2D eigenvalue weighted by molar-refractivity contribution is -0.117. The molecule has 0 bridgehead atoms. The molecule has 8 nitrogen and oxygen atoms in total. The van der Waals surface area contributed by atoms with Gasteiger partial charge in [0.15, 0.2) is 0 Å². The zero-order chi connectivity index (χ0) is 20.1. The number of ether oxygens (including phenoxy) is 1. The fraction of sp³-hybridized carbons (Fsp3) is 0.421. The molecule has 1 aromatic carbocycles. The van der Waals surface area contributed by atoms with Gasteiger partial charge in [-0.1, -0.05) is 11.6 Å². The Bertz CT molecular complexity index is 846. The molecule has 1 aliphatic rings. The molecule has 2 aromatic rings. The molecule has 28 heavy (non-hydrogen) atoms. The highest BCUT2D eigenvalue weighted by Gasteiger charge is 2.23. The second kappa shape index (κ2) is 9.07. The van der Waals surface area contributed by atoms with E-state index in [0.29, 0.717) is 28.6 Å². The first-order chi connectivity index (χ1) is 13.4. The number of methoxy groups -OCH3 is 1. The van der Waals surface area contributed by atoms with E-state index in [1.807, 2.05) is 0 Å². The van der Waals surface area contributed by atoms with Crippen molar-refractivity contribution in [2.45, 2.75) is 18.9 Å². The molecule has 1 fully saturated rings. The molecule has 150 valence electrons. The fourth-order valence-corrected chi connectivity index (χ4v) is 3.45. The van der Waals surface area contributed by atoms with Crippen molar-refractivity contribution in [3.8, 4) is 5.75 Å². The van der Waals surface area contributed by atoms with Crippen molar-refractivity contribution in [1.82, 2.24) is 20.0 Å². The van der Waals surface area contributed by atoms with Crippen molar-refractivity contribution in [1.29, 1.82) is 0 Å². The zero-order valence-electron chi connectivity index (χ0n) is 15.9. The summed E-state index contributed by atoms with van der Waals surface area (Å²) in [5.41, 5.74) is 1.19. The molecule has 2 heterocycles. The molecule has 2 N–H and O–H groups in total. The molecule has 3 rings (SSSR count). The van der Waals surface area contributed by atoms with Gasteiger partial charge in [0.05, 0.1) is 30.4 Å². The first kappa shape index (κ1) is 20.2. The average Bonchev–Trinajstić information content (AvgIpc) is 3.10. The lowest BCUT2D eigenvalue weighted by Gasteiger charge is -2.31. The summed E-state index contributed by atoms with van der Waals surface area (Å²) in [5, 5.41) is 10.3. The van der Waals surface area contributed by atoms with Crippen LogP contribution >= 0.6 is 11.6 Å². The Hall–Kier alpha value is -2.58. The van der Waals surface area contributed by atoms with Gasteiger partial charge >= 0.3 is 0 Å². The standard InChI is InChI=1S/C19H24ClN5O3/c1-24-11-13(10-21-24)19(27)23-14-5-7-25(8-6-14)12-18(26)22-15-3-4-17(28-2)16(20)9-15/h3-4,9-11,14H,5-8,12H2,1-2H3,(H,22,26)(H,23,27). The third-order valence-electron chi connectivity index (χ3n) is 4.69. The number of amides is 2. The van der Waals surface area contributed by atoms with Crippen molar-refractivity contribution in [3.05, 3.63) is 41.2 Å². The molecule has 0 radical (unpaired) electrons. The maximum atomic E-state index is 12.3. The maximum absolute atomic E-state index is 12.3. The average molecular weight is 406 g/mol. The van der Waals surface area contributed by atoms with Crippen LogP contribution in [-0.4, -0.2) is 59.3 Å². The summed E-state index contributed by atoms with van der Waals surface area (Å²) < 4.78 is 6.71. The number of nitrogens with zero attached hydrogens (tertiary/aromatic N) is 3. The van der Waals surface area contributed by atoms with Gasteiger partial charge in [-0.25, -0.2) is 0 Å². The van der Waals surface area contributed by atoms with Crippen LogP contribution in [0.3, 0.4) is 0 Å². The van der Waals surface area contributed by atoms with E-state index in [0.717, 1.165) is 25.9 Å². The third kappa shape index (κ3) is 5.24. The first-order valence-corrected chi connectivity index (χ1v) is 9.47. The summed E-state index contributed by atoms with van der Waals surface area (Å²) in [6.45, 7) is 1.79. The van der Waals surface area contributed by atoms with Gasteiger partial charge in [-0.3, -0.25) is 19.2 Å². The van der Waals surface area contributed by atoms with Crippen LogP contribution in [0, 0.1) is 0 Å². The highest BCUT2D eigenvalue weighted by molar-refractivity contribution is 6.32. The van der Waals surface area contributed by atoms with Crippen LogP contribution in [-0.2, 0) is 11.8 Å². The van der Waals surface area contributed by atoms with E-state index < -0.39 is 0 Å². The minimum absolute atomic E-state index is 0.0981. The lowest BCUT2D eigenvalue weighted by atomic mass is 10.0. The van der Waals surface area contributed by atoms with Gasteiger partial charge in [-0.15, -0.1) is 0 Å². The van der Waals surface area contributed by atoms with Crippen molar-refractivity contribution in [2.75, 3.05) is 32.1 Å². The zero-order valence-corrected chi connectivity index (χ0v) is 16.7. The lowest BCUT2D eigenvalue weighted by Crippen LogP contribution is -2.46. The van der Waals surface area contributed by atoms with E-state index in [1.54, 1.807) is 49.4 Å². The summed E-state index contributed by atoms with van der Waals surface area (Å²) in [7, 11) is 3.32. The number of likely N-dealkylation sites (tertiary alicyclic amines) is 1. The number of halogens is 1. The number of nitrogens with one attached hydrogen (secondary N) is 2. The minimum Gasteiger partial charge on any atom is -0.495 e. The van der Waals surface area contributed by atoms with Crippen molar-refractivity contribution in [3.63, 3.8) is 0 Å². The monoisotopic (exact) mass is 405 g/mol. The Morgan fingerprint density at radius 2 is 2.07 bits per heavy atom. The molecule has 0 spiro atoms. The van der Waals surface area contributed by atoms with Gasteiger partial charge in [-0.2, -0.15) is 5.10 Å². The quantitative estimate of drug-likeness (QED) is 0.766. The Labute approximate surface area is 168 Å². The molecule has 0 atom stereocenters. The smallest absolute Gasteiger partial charge is 0.254 e. The number of anilines is 1. The van der Waals surface area contributed by atoms with Crippen molar-refractivity contribution >= 4 is 29.1 Å². The predicted octanol–water partition coefficient (Wildman–Crippen LogP) is 1.91. The summed E-state index contributed by atoms with van der Waals surface area (Å²) in [6, 6.07) is 5.24. The van der Waals surface area contributed by atoms with E-state index in [1.165, 1.54) is 0 Å². The number of aryl methyl sites for hydroxylation is 1. The van der Waals surface area contributed by atoms with E-state index in [9.17, 15) is 9.59 Å². The Kier molecular flexibility index (Phi) is 6.53. The van der Waals surface area contributed by atoms with E-state index in [2.05, 4.69) is 20.6 Å². The molecule has 2 amide bonds. The van der Waals surface area contributed by atoms with Crippen LogP contribution in [0.4, 0.5) is 5.69 Å². The van der Waals surface area contributed by atoms with Crippen molar-refractivity contribution in [2.24, 2.45) is 7.05 Å². The number of benzene rings is 1. The second-order valence-corrected chi connectivity index (χ2v) is 7.23. The normalized spacial score (nSPS) is 15.2. The molecule has 1 aromatic heterocycles. The predicted molar refractivity (Wildman–Crippen MR) is 107 cm³/mol. The topological polar surface area (TPSA) is 88.5 Å². The summed E-state index contributed by atoms with van der Waals surface area (Å²) in [4.78, 5) is 26.6. The Balaban J connectivity index is 1.43. The number of aromatic nitrogens is 2. The molecule has 0 saturated carbocycles. The van der Waals surface area contributed by atoms with E-state index in [-0.39, 0.29) is 17.9 Å². The molecule has 1 saturated heterocycles. The van der Waals surface area contributed by atoms with Crippen LogP contribution in [0.1, 0.15) is 23.2 Å². The van der Waals surface area contributed by atoms with Gasteiger partial charge in [0.1, 0.15) is 5.75 Å². The van der Waals surface area contributed by atoms with Gasteiger partial charge in [0.25, 0.3) is 5.91 Å². The van der Waals surface area contributed by atoms with Gasteiger partial charge in [0, 0.05) is 38.1 Å². The van der Waals surface area contributed by atoms with Gasteiger partial charge in [-0.05, 0) is 31.0 Å². The molecular weight excluding hydrogens is 382 g/mol. The molecule has 0 aliphatic carbocycles. The fourth-order valence-electron chi connectivity index (χ4n) is 3.19. The number of carbonyl (C=O) groups is 2. The molecule has 1 aliphatic heterocycles. The third-order valence-corrected chi connectivity index (χ3v) is 4.99. The van der Waals surface area contributed by atoms with Crippen LogP contribution in [0.15, 0.2) is 30.6 Å². The highest BCUT2D eigenvalue weighted by Crippen LogP contribution is 2.27. The molecule has 0 unspecified atom stereocenters. The van der Waals surface area contributed by atoms with Gasteiger partial charge < -0.3 is 15.4 Å². The SMILES string of the molecule is COc1ccc(NC(=O)CN2CCC(NC(=O)c3cnn(C)c3)CC2)cc1Cl. The largest absolute Gasteiger partial charge is 0.495 e. The number of hydrogen-bond donors (Lipinski definition) is 2. The number of rotatable bonds is 6. The van der Waals surface area contributed by atoms with E-state index >= 15 is 0 Å². The summed E-state index contributed by atoms with van der Waals surface area (Å²) in [5.74, 6) is 0.356. The van der Waals surface area contributed by atoms with Crippen LogP contribution in [0.25, 0.3) is 0 Å². The van der Waals surface area contributed by atoms with Crippen LogP contribution < -0.4 is 15.4 Å². The second-order valence-electron chi connectivity index (χ2n) is 6.82. The van der Waals surface area contributed by atoms with Crippen molar-refractivity contribution < 1.29 is 14.3 Å². The summed E-state index contributed by atoms with van der Waals surface area (Å²) in [6.07, 6.45) is 4.85. The maximum Gasteiger partial charge on any atom is 0.254 e. The molecule has 9 heteroatoms. The van der Waals surface area contributed by atoms with E-state index in [4.69, 9.17) is 16.3 Å². The summed E-state index contributed by atoms with van der Waals surface area (Å²) >= 11 is 6.08. The first-order valence-electron chi connectivity index (χ1n) is 9.10. The Morgan fingerprint density at radius 1 is 1.32 bits per heavy atom. The number of hydrogen-bond acceptors (Lipinski definition) is 5.